The molecule has 8 nitrogen and oxygen atoms in total. The molecule has 0 radical (unpaired) electrons. The number of rotatable bonds is 6. The Hall–Kier alpha value is -1.60. The highest BCUT2D eigenvalue weighted by atomic mass is 17.0. The molecule has 0 aromatic carbocycles. The first-order valence-corrected chi connectivity index (χ1v) is 3.54. The maximum Gasteiger partial charge on any atom is 0.294 e. The maximum absolute atomic E-state index is 9.82. The molecule has 0 N–H and O–H groups in total. The Morgan fingerprint density at radius 1 is 1.08 bits per heavy atom. The fourth-order valence-electron chi connectivity index (χ4n) is 0.847. The molecule has 0 rings (SSSR count). The van der Waals surface area contributed by atoms with Gasteiger partial charge in [0.05, 0.1) is 0 Å². The molecule has 13 heavy (non-hydrogen) atoms. The Morgan fingerprint density at radius 2 is 1.38 bits per heavy atom. The van der Waals surface area contributed by atoms with Crippen LogP contribution in [0.2, 0.25) is 0 Å². The van der Waals surface area contributed by atoms with Crippen molar-refractivity contribution in [3.63, 3.8) is 0 Å². The van der Waals surface area contributed by atoms with Crippen molar-refractivity contribution in [2.45, 2.75) is 32.5 Å². The minimum atomic E-state index is -0.941. The lowest BCUT2D eigenvalue weighted by Crippen LogP contribution is -2.22. The first-order valence-electron chi connectivity index (χ1n) is 3.54. The topological polar surface area (TPSA) is 105 Å². The second-order valence-corrected chi connectivity index (χ2v) is 2.51. The number of hydrogen-bond acceptors (Lipinski definition) is 6. The van der Waals surface area contributed by atoms with Crippen molar-refractivity contribution in [3.8, 4) is 0 Å². The second-order valence-electron chi connectivity index (χ2n) is 2.51. The van der Waals surface area contributed by atoms with Crippen molar-refractivity contribution in [2.24, 2.45) is 0 Å². The van der Waals surface area contributed by atoms with Crippen molar-refractivity contribution in [3.05, 3.63) is 20.2 Å². The molecule has 0 saturated carbocycles. The first-order chi connectivity index (χ1) is 5.91. The Kier molecular flexibility index (Phi) is 4.49. The smallest absolute Gasteiger partial charge is 0.294 e. The van der Waals surface area contributed by atoms with Crippen molar-refractivity contribution < 1.29 is 19.8 Å². The van der Waals surface area contributed by atoms with Crippen LogP contribution in [0.15, 0.2) is 0 Å². The SMILES string of the molecule is C[C@@H](C[C@H](C)O[N+](=O)[O-])O[N+](=O)[O-]. The normalized spacial score (nSPS) is 14.3. The van der Waals surface area contributed by atoms with E-state index in [1.807, 2.05) is 0 Å². The van der Waals surface area contributed by atoms with Gasteiger partial charge in [-0.05, 0) is 20.3 Å². The van der Waals surface area contributed by atoms with E-state index in [1.165, 1.54) is 13.8 Å². The predicted molar refractivity (Wildman–Crippen MR) is 39.7 cm³/mol. The van der Waals surface area contributed by atoms with Crippen LogP contribution < -0.4 is 0 Å². The summed E-state index contributed by atoms with van der Waals surface area (Å²) in [5.74, 6) is 0. The molecule has 0 unspecified atom stereocenters. The maximum atomic E-state index is 9.82. The average molecular weight is 194 g/mol. The van der Waals surface area contributed by atoms with E-state index in [2.05, 4.69) is 9.68 Å². The summed E-state index contributed by atoms with van der Waals surface area (Å²) in [7, 11) is 0. The zero-order valence-corrected chi connectivity index (χ0v) is 7.21. The fraction of sp³-hybridized carbons (Fsp3) is 1.00. The van der Waals surface area contributed by atoms with Crippen LogP contribution in [0.3, 0.4) is 0 Å². The molecule has 0 spiro atoms. The minimum Gasteiger partial charge on any atom is -0.311 e. The van der Waals surface area contributed by atoms with Gasteiger partial charge in [-0.25, -0.2) is 0 Å². The van der Waals surface area contributed by atoms with E-state index < -0.39 is 22.4 Å². The highest BCUT2D eigenvalue weighted by molar-refractivity contribution is 4.54. The van der Waals surface area contributed by atoms with Gasteiger partial charge < -0.3 is 9.68 Å². The van der Waals surface area contributed by atoms with Crippen LogP contribution >= 0.6 is 0 Å². The van der Waals surface area contributed by atoms with Gasteiger partial charge in [0.15, 0.2) is 0 Å². The van der Waals surface area contributed by atoms with Gasteiger partial charge in [0.25, 0.3) is 10.2 Å². The molecular weight excluding hydrogens is 184 g/mol. The Bertz CT molecular complexity index is 175. The van der Waals surface area contributed by atoms with Crippen LogP contribution in [-0.4, -0.2) is 22.4 Å². The molecule has 8 heteroatoms. The van der Waals surface area contributed by atoms with Crippen molar-refractivity contribution in [2.75, 3.05) is 0 Å². The summed E-state index contributed by atoms with van der Waals surface area (Å²) >= 11 is 0. The predicted octanol–water partition coefficient (Wildman–Crippen LogP) is 0.570. The van der Waals surface area contributed by atoms with E-state index in [1.54, 1.807) is 0 Å². The van der Waals surface area contributed by atoms with Crippen LogP contribution in [0.25, 0.3) is 0 Å². The summed E-state index contributed by atoms with van der Waals surface area (Å²) < 4.78 is 0. The first kappa shape index (κ1) is 11.4. The molecule has 0 saturated heterocycles. The van der Waals surface area contributed by atoms with Gasteiger partial charge in [-0.3, -0.25) is 0 Å². The molecule has 0 heterocycles. The standard InChI is InChI=1S/C5H10N2O6/c1-4(12-6(8)9)3-5(2)13-7(10)11/h4-5H,3H2,1-2H3/t4-,5-/m0/s1. The van der Waals surface area contributed by atoms with Crippen molar-refractivity contribution in [1.82, 2.24) is 0 Å². The zero-order chi connectivity index (χ0) is 10.4. The fourth-order valence-corrected chi connectivity index (χ4v) is 0.847. The monoisotopic (exact) mass is 194 g/mol. The van der Waals surface area contributed by atoms with E-state index in [-0.39, 0.29) is 6.42 Å². The lowest BCUT2D eigenvalue weighted by molar-refractivity contribution is -0.778. The molecule has 0 aliphatic rings. The van der Waals surface area contributed by atoms with Crippen LogP contribution in [0.5, 0.6) is 0 Å². The highest BCUT2D eigenvalue weighted by Crippen LogP contribution is 2.05. The highest BCUT2D eigenvalue weighted by Gasteiger charge is 2.14. The summed E-state index contributed by atoms with van der Waals surface area (Å²) in [5, 5.41) is 17.8. The second kappa shape index (κ2) is 5.12. The molecule has 76 valence electrons. The Balaban J connectivity index is 3.70. The third-order valence-electron chi connectivity index (χ3n) is 1.20. The van der Waals surface area contributed by atoms with Crippen LogP contribution in [0.4, 0.5) is 0 Å². The Morgan fingerprint density at radius 3 is 1.62 bits per heavy atom. The number of nitrogens with zero attached hydrogens (tertiary/aromatic N) is 2. The summed E-state index contributed by atoms with van der Waals surface area (Å²) in [6.07, 6.45) is -1.35. The van der Waals surface area contributed by atoms with Gasteiger partial charge in [-0.15, -0.1) is 20.2 Å². The lowest BCUT2D eigenvalue weighted by atomic mass is 10.2. The van der Waals surface area contributed by atoms with E-state index in [4.69, 9.17) is 0 Å². The largest absolute Gasteiger partial charge is 0.311 e. The molecule has 0 aliphatic heterocycles. The quantitative estimate of drug-likeness (QED) is 0.452. The van der Waals surface area contributed by atoms with E-state index >= 15 is 0 Å². The van der Waals surface area contributed by atoms with Gasteiger partial charge in [0, 0.05) is 0 Å². The third kappa shape index (κ3) is 6.78. The van der Waals surface area contributed by atoms with Gasteiger partial charge in [0.1, 0.15) is 12.2 Å². The van der Waals surface area contributed by atoms with Gasteiger partial charge >= 0.3 is 0 Å². The number of hydrogen-bond donors (Lipinski definition) is 0. The summed E-state index contributed by atoms with van der Waals surface area (Å²) in [6.45, 7) is 2.87. The van der Waals surface area contributed by atoms with Crippen molar-refractivity contribution in [1.29, 1.82) is 0 Å². The molecule has 0 aromatic heterocycles. The van der Waals surface area contributed by atoms with Gasteiger partial charge in [-0.1, -0.05) is 0 Å². The molecule has 0 fully saturated rings. The van der Waals surface area contributed by atoms with Crippen LogP contribution in [0, 0.1) is 20.2 Å². The van der Waals surface area contributed by atoms with E-state index in [0.717, 1.165) is 0 Å². The average Bonchev–Trinajstić information content (AvgIpc) is 1.80. The molecule has 0 aromatic rings. The van der Waals surface area contributed by atoms with Gasteiger partial charge in [0.2, 0.25) is 0 Å². The minimum absolute atomic E-state index is 0.0853. The molecule has 0 aliphatic carbocycles. The zero-order valence-electron chi connectivity index (χ0n) is 7.21. The van der Waals surface area contributed by atoms with Crippen molar-refractivity contribution >= 4 is 0 Å². The van der Waals surface area contributed by atoms with Crippen LogP contribution in [0.1, 0.15) is 20.3 Å². The molecule has 0 bridgehead atoms. The van der Waals surface area contributed by atoms with Gasteiger partial charge in [-0.2, -0.15) is 0 Å². The van der Waals surface area contributed by atoms with E-state index in [9.17, 15) is 20.2 Å². The van der Waals surface area contributed by atoms with E-state index in [0.29, 0.717) is 0 Å². The summed E-state index contributed by atoms with van der Waals surface area (Å²) in [5.41, 5.74) is 0. The molecular formula is C5H10N2O6. The molecule has 0 amide bonds. The summed E-state index contributed by atoms with van der Waals surface area (Å²) in [6, 6.07) is 0. The summed E-state index contributed by atoms with van der Waals surface area (Å²) in [4.78, 5) is 27.9. The molecule has 2 atom stereocenters. The van der Waals surface area contributed by atoms with Crippen LogP contribution in [-0.2, 0) is 9.68 Å². The Labute approximate surface area is 73.6 Å². The third-order valence-corrected chi connectivity index (χ3v) is 1.20. The lowest BCUT2D eigenvalue weighted by Gasteiger charge is -2.13.